The molecule has 2 atom stereocenters. The maximum absolute atomic E-state index is 13.2. The highest BCUT2D eigenvalue weighted by atomic mass is 16.5. The molecule has 192 valence electrons. The highest BCUT2D eigenvalue weighted by Crippen LogP contribution is 2.36. The number of nitrogens with one attached hydrogen (secondary N) is 1. The number of ether oxygens (including phenoxy) is 1. The van der Waals surface area contributed by atoms with Crippen molar-refractivity contribution in [2.24, 2.45) is 5.92 Å². The molecule has 9 heteroatoms. The molecule has 1 aliphatic carbocycles. The first-order valence-corrected chi connectivity index (χ1v) is 13.1. The number of anilines is 2. The van der Waals surface area contributed by atoms with Crippen molar-refractivity contribution in [3.05, 3.63) is 54.5 Å². The molecular weight excluding hydrogens is 466 g/mol. The summed E-state index contributed by atoms with van der Waals surface area (Å²) in [5.74, 6) is 0.951. The predicted octanol–water partition coefficient (Wildman–Crippen LogP) is 4.98. The Morgan fingerprint density at radius 2 is 2.11 bits per heavy atom. The van der Waals surface area contributed by atoms with Crippen LogP contribution in [0.4, 0.5) is 11.6 Å². The molecular formula is C28H33N7O2. The van der Waals surface area contributed by atoms with E-state index in [0.717, 1.165) is 49.2 Å². The first kappa shape index (κ1) is 24.9. The molecule has 1 aliphatic heterocycles. The van der Waals surface area contributed by atoms with E-state index >= 15 is 0 Å². The van der Waals surface area contributed by atoms with Crippen LogP contribution in [0.5, 0.6) is 0 Å². The van der Waals surface area contributed by atoms with Crippen LogP contribution in [0.1, 0.15) is 61.3 Å². The fraction of sp³-hybridized carbons (Fsp3) is 0.464. The number of methoxy groups -OCH3 is 1. The van der Waals surface area contributed by atoms with Crippen LogP contribution in [0.25, 0.3) is 11.3 Å². The van der Waals surface area contributed by atoms with Crippen LogP contribution in [-0.4, -0.2) is 56.9 Å². The number of nitriles is 1. The average Bonchev–Trinajstić information content (AvgIpc) is 3.70. The number of likely N-dealkylation sites (tertiary alicyclic amines) is 1. The van der Waals surface area contributed by atoms with E-state index < -0.39 is 0 Å². The van der Waals surface area contributed by atoms with Crippen LogP contribution >= 0.6 is 0 Å². The molecule has 5 rings (SSSR count). The number of benzene rings is 1. The lowest BCUT2D eigenvalue weighted by Gasteiger charge is -2.24. The Morgan fingerprint density at radius 1 is 1.24 bits per heavy atom. The summed E-state index contributed by atoms with van der Waals surface area (Å²) in [7, 11) is 1.67. The zero-order chi connectivity index (χ0) is 25.6. The van der Waals surface area contributed by atoms with Gasteiger partial charge in [0.1, 0.15) is 0 Å². The lowest BCUT2D eigenvalue weighted by molar-refractivity contribution is 0.0630. The standard InChI is InChI=1S/C28H33N7O2/c1-37-19-24-10-5-15-34(24)27(36)21-8-4-9-23(16-21)32-28-30-14-12-25(33-28)22-17-31-35(18-22)26(11-13-29)20-6-2-3-7-20/h4,8-9,12,14,16-18,20,24,26H,2-3,5-7,10-11,15,19H2,1H3,(H,30,32,33). The molecule has 2 fully saturated rings. The van der Waals surface area contributed by atoms with Gasteiger partial charge >= 0.3 is 0 Å². The second kappa shape index (κ2) is 11.5. The van der Waals surface area contributed by atoms with Crippen LogP contribution < -0.4 is 5.32 Å². The van der Waals surface area contributed by atoms with E-state index in [2.05, 4.69) is 21.5 Å². The SMILES string of the molecule is COCC1CCCN1C(=O)c1cccc(Nc2nccc(-c3cnn(C(CC#N)C4CCCC4)c3)n2)c1. The van der Waals surface area contributed by atoms with Crippen molar-refractivity contribution in [1.82, 2.24) is 24.6 Å². The van der Waals surface area contributed by atoms with Gasteiger partial charge in [-0.2, -0.15) is 10.4 Å². The van der Waals surface area contributed by atoms with Gasteiger partial charge in [-0.3, -0.25) is 9.48 Å². The largest absolute Gasteiger partial charge is 0.383 e. The van der Waals surface area contributed by atoms with Crippen molar-refractivity contribution in [1.29, 1.82) is 5.26 Å². The molecule has 9 nitrogen and oxygen atoms in total. The molecule has 1 saturated heterocycles. The third-order valence-electron chi connectivity index (χ3n) is 7.50. The highest BCUT2D eigenvalue weighted by molar-refractivity contribution is 5.95. The normalized spacial score (nSPS) is 18.6. The number of rotatable bonds is 9. The third-order valence-corrected chi connectivity index (χ3v) is 7.50. The van der Waals surface area contributed by atoms with Gasteiger partial charge in [0.15, 0.2) is 0 Å². The van der Waals surface area contributed by atoms with Crippen molar-refractivity contribution < 1.29 is 9.53 Å². The molecule has 2 aromatic heterocycles. The maximum Gasteiger partial charge on any atom is 0.254 e. The smallest absolute Gasteiger partial charge is 0.254 e. The van der Waals surface area contributed by atoms with Gasteiger partial charge in [0.05, 0.1) is 43.1 Å². The minimum absolute atomic E-state index is 0.0134. The minimum Gasteiger partial charge on any atom is -0.383 e. The van der Waals surface area contributed by atoms with E-state index in [-0.39, 0.29) is 18.0 Å². The molecule has 3 aromatic rings. The van der Waals surface area contributed by atoms with Crippen molar-refractivity contribution in [3.8, 4) is 17.3 Å². The Hall–Kier alpha value is -3.77. The molecule has 0 spiro atoms. The van der Waals surface area contributed by atoms with Gasteiger partial charge in [0, 0.05) is 42.9 Å². The minimum atomic E-state index is 0.0134. The molecule has 1 aromatic carbocycles. The van der Waals surface area contributed by atoms with Gasteiger partial charge in [-0.1, -0.05) is 18.9 Å². The van der Waals surface area contributed by atoms with Crippen molar-refractivity contribution in [3.63, 3.8) is 0 Å². The number of nitrogens with zero attached hydrogens (tertiary/aromatic N) is 6. The van der Waals surface area contributed by atoms with Gasteiger partial charge in [-0.15, -0.1) is 0 Å². The first-order valence-electron chi connectivity index (χ1n) is 13.1. The lowest BCUT2D eigenvalue weighted by Crippen LogP contribution is -2.38. The van der Waals surface area contributed by atoms with Gasteiger partial charge in [0.2, 0.25) is 5.95 Å². The number of hydrogen-bond acceptors (Lipinski definition) is 7. The topological polar surface area (TPSA) is 109 Å². The van der Waals surface area contributed by atoms with Crippen molar-refractivity contribution in [2.45, 2.75) is 57.0 Å². The monoisotopic (exact) mass is 499 g/mol. The summed E-state index contributed by atoms with van der Waals surface area (Å²) in [5, 5.41) is 17.2. The second-order valence-corrected chi connectivity index (χ2v) is 9.90. The highest BCUT2D eigenvalue weighted by Gasteiger charge is 2.29. The predicted molar refractivity (Wildman–Crippen MR) is 140 cm³/mol. The van der Waals surface area contributed by atoms with Crippen LogP contribution in [0.3, 0.4) is 0 Å². The first-order chi connectivity index (χ1) is 18.2. The summed E-state index contributed by atoms with van der Waals surface area (Å²) in [4.78, 5) is 24.1. The molecule has 1 N–H and O–H groups in total. The van der Waals surface area contributed by atoms with Crippen LogP contribution in [0, 0.1) is 17.2 Å². The second-order valence-electron chi connectivity index (χ2n) is 9.90. The number of hydrogen-bond donors (Lipinski definition) is 1. The van der Waals surface area contributed by atoms with Crippen molar-refractivity contribution in [2.75, 3.05) is 25.6 Å². The quantitative estimate of drug-likeness (QED) is 0.442. The molecule has 2 aliphatic rings. The Kier molecular flexibility index (Phi) is 7.76. The summed E-state index contributed by atoms with van der Waals surface area (Å²) >= 11 is 0. The van der Waals surface area contributed by atoms with Gasteiger partial charge in [-0.05, 0) is 55.9 Å². The molecule has 0 bridgehead atoms. The zero-order valence-corrected chi connectivity index (χ0v) is 21.2. The van der Waals surface area contributed by atoms with E-state index in [1.807, 2.05) is 46.1 Å². The Morgan fingerprint density at radius 3 is 2.92 bits per heavy atom. The van der Waals surface area contributed by atoms with E-state index in [4.69, 9.17) is 9.72 Å². The summed E-state index contributed by atoms with van der Waals surface area (Å²) < 4.78 is 7.24. The van der Waals surface area contributed by atoms with Crippen LogP contribution in [0.2, 0.25) is 0 Å². The Labute approximate surface area is 217 Å². The number of carbonyl (C=O) groups excluding carboxylic acids is 1. The molecule has 1 amide bonds. The van der Waals surface area contributed by atoms with Gasteiger partial charge < -0.3 is 15.0 Å². The Balaban J connectivity index is 1.31. The van der Waals surface area contributed by atoms with Crippen LogP contribution in [-0.2, 0) is 4.74 Å². The summed E-state index contributed by atoms with van der Waals surface area (Å²) in [6, 6.07) is 11.8. The lowest BCUT2D eigenvalue weighted by atomic mass is 9.96. The third kappa shape index (κ3) is 5.65. The summed E-state index contributed by atoms with van der Waals surface area (Å²) in [5.41, 5.74) is 3.00. The zero-order valence-electron chi connectivity index (χ0n) is 21.2. The fourth-order valence-corrected chi connectivity index (χ4v) is 5.64. The van der Waals surface area contributed by atoms with E-state index in [1.165, 1.54) is 12.8 Å². The number of amides is 1. The number of aromatic nitrogens is 4. The maximum atomic E-state index is 13.2. The van der Waals surface area contributed by atoms with Gasteiger partial charge in [0.25, 0.3) is 5.91 Å². The molecule has 2 unspecified atom stereocenters. The van der Waals surface area contributed by atoms with Crippen LogP contribution in [0.15, 0.2) is 48.9 Å². The molecule has 0 radical (unpaired) electrons. The molecule has 37 heavy (non-hydrogen) atoms. The Bertz CT molecular complexity index is 1260. The van der Waals surface area contributed by atoms with Crippen molar-refractivity contribution >= 4 is 17.5 Å². The average molecular weight is 500 g/mol. The summed E-state index contributed by atoms with van der Waals surface area (Å²) in [6.07, 6.45) is 12.7. The van der Waals surface area contributed by atoms with E-state index in [9.17, 15) is 10.1 Å². The molecule has 3 heterocycles. The number of carbonyl (C=O) groups is 1. The summed E-state index contributed by atoms with van der Waals surface area (Å²) in [6.45, 7) is 1.30. The van der Waals surface area contributed by atoms with E-state index in [0.29, 0.717) is 30.5 Å². The molecule has 1 saturated carbocycles. The fourth-order valence-electron chi connectivity index (χ4n) is 5.64. The van der Waals surface area contributed by atoms with E-state index in [1.54, 1.807) is 19.5 Å². The van der Waals surface area contributed by atoms with Gasteiger partial charge in [-0.25, -0.2) is 9.97 Å².